The second-order valence-electron chi connectivity index (χ2n) is 7.71. The maximum Gasteiger partial charge on any atom is 0.273 e. The lowest BCUT2D eigenvalue weighted by atomic mass is 9.97. The number of methoxy groups -OCH3 is 1. The zero-order chi connectivity index (χ0) is 24.0. The number of benzene rings is 2. The molecule has 0 aromatic heterocycles. The van der Waals surface area contributed by atoms with Gasteiger partial charge in [-0.1, -0.05) is 42.1 Å². The van der Waals surface area contributed by atoms with Crippen LogP contribution in [0.5, 0.6) is 0 Å². The van der Waals surface area contributed by atoms with Crippen LogP contribution in [0, 0.1) is 17.0 Å². The molecule has 2 atom stereocenters. The number of nitrogens with one attached hydrogen (secondary N) is 1. The zero-order valence-electron chi connectivity index (χ0n) is 18.5. The number of rotatable bonds is 10. The van der Waals surface area contributed by atoms with Crippen molar-refractivity contribution in [1.29, 1.82) is 5.41 Å². The topological polar surface area (TPSA) is 65.8 Å². The number of carbonyl (C=O) groups is 1. The molecule has 1 aliphatic rings. The van der Waals surface area contributed by atoms with E-state index in [1.165, 1.54) is 12.1 Å². The van der Waals surface area contributed by atoms with Crippen molar-refractivity contribution in [1.82, 2.24) is 5.01 Å². The molecular formula is C24H26F3N3O2S. The fourth-order valence-electron chi connectivity index (χ4n) is 3.57. The van der Waals surface area contributed by atoms with E-state index in [2.05, 4.69) is 5.10 Å². The Hall–Kier alpha value is -2.65. The van der Waals surface area contributed by atoms with E-state index in [0.717, 1.165) is 35.5 Å². The minimum absolute atomic E-state index is 0.0480. The predicted molar refractivity (Wildman–Crippen MR) is 124 cm³/mol. The van der Waals surface area contributed by atoms with E-state index in [4.69, 9.17) is 10.1 Å². The van der Waals surface area contributed by atoms with Gasteiger partial charge >= 0.3 is 0 Å². The second-order valence-corrected chi connectivity index (χ2v) is 8.97. The summed E-state index contributed by atoms with van der Waals surface area (Å²) in [5, 5.41) is 14.1. The quantitative estimate of drug-likeness (QED) is 0.451. The van der Waals surface area contributed by atoms with Crippen molar-refractivity contribution < 1.29 is 22.7 Å². The molecule has 1 amide bonds. The first-order valence-electron chi connectivity index (χ1n) is 10.6. The van der Waals surface area contributed by atoms with E-state index in [-0.39, 0.29) is 29.9 Å². The number of carbonyl (C=O) groups excluding carboxylic acids is 1. The van der Waals surface area contributed by atoms with E-state index in [9.17, 15) is 18.0 Å². The number of alkyl halides is 1. The summed E-state index contributed by atoms with van der Waals surface area (Å²) in [5.74, 6) is -1.73. The third-order valence-electron chi connectivity index (χ3n) is 5.47. The van der Waals surface area contributed by atoms with Gasteiger partial charge in [0.15, 0.2) is 0 Å². The Morgan fingerprint density at radius 1 is 1.21 bits per heavy atom. The van der Waals surface area contributed by atoms with Gasteiger partial charge in [-0.25, -0.2) is 13.8 Å². The van der Waals surface area contributed by atoms with Crippen LogP contribution in [0.4, 0.5) is 13.2 Å². The SMILES string of the molecule is CO[C@@H](C)C(=O)N1N=C(c2cc(F)ccc2F)SC1(CCC(=N)CCCF)c1ccccc1. The lowest BCUT2D eigenvalue weighted by Gasteiger charge is -2.37. The van der Waals surface area contributed by atoms with Gasteiger partial charge in [0, 0.05) is 18.4 Å². The lowest BCUT2D eigenvalue weighted by molar-refractivity contribution is -0.144. The van der Waals surface area contributed by atoms with E-state index in [1.54, 1.807) is 6.92 Å². The molecule has 5 nitrogen and oxygen atoms in total. The standard InChI is InChI=1S/C24H26F3N3O2S/c1-16(32-2)23(31)30-24(17-7-4-3-5-8-17,13-12-19(28)9-6-14-25)33-22(29-30)20-15-18(26)10-11-21(20)27/h3-5,7-8,10-11,15-16,28H,6,9,12-14H2,1-2H3/t16-,24?/m0/s1. The number of thioether (sulfide) groups is 1. The number of nitrogens with zero attached hydrogens (tertiary/aromatic N) is 2. The lowest BCUT2D eigenvalue weighted by Crippen LogP contribution is -2.46. The molecule has 1 unspecified atom stereocenters. The molecule has 0 bridgehead atoms. The van der Waals surface area contributed by atoms with Crippen molar-refractivity contribution in [2.75, 3.05) is 13.8 Å². The van der Waals surface area contributed by atoms with Gasteiger partial charge in [0.1, 0.15) is 27.7 Å². The zero-order valence-corrected chi connectivity index (χ0v) is 19.3. The Labute approximate surface area is 195 Å². The average Bonchev–Trinajstić information content (AvgIpc) is 3.23. The summed E-state index contributed by atoms with van der Waals surface area (Å²) in [7, 11) is 1.40. The normalized spacial score (nSPS) is 18.8. The van der Waals surface area contributed by atoms with E-state index in [1.807, 2.05) is 30.3 Å². The maximum atomic E-state index is 14.6. The Balaban J connectivity index is 2.09. The van der Waals surface area contributed by atoms with E-state index in [0.29, 0.717) is 12.1 Å². The van der Waals surface area contributed by atoms with Crippen LogP contribution in [0.3, 0.4) is 0 Å². The van der Waals surface area contributed by atoms with Gasteiger partial charge in [0.25, 0.3) is 5.91 Å². The Bertz CT molecular complexity index is 1030. The first kappa shape index (κ1) is 25.0. The number of hydrazone groups is 1. The number of amides is 1. The third kappa shape index (κ3) is 5.47. The van der Waals surface area contributed by atoms with Crippen LogP contribution >= 0.6 is 11.8 Å². The minimum atomic E-state index is -1.11. The second kappa shape index (κ2) is 11.0. The largest absolute Gasteiger partial charge is 0.372 e. The molecule has 0 radical (unpaired) electrons. The maximum absolute atomic E-state index is 14.6. The molecule has 2 aromatic rings. The summed E-state index contributed by atoms with van der Waals surface area (Å²) in [6.45, 7) is 1.07. The highest BCUT2D eigenvalue weighted by Gasteiger charge is 2.49. The Morgan fingerprint density at radius 3 is 2.61 bits per heavy atom. The molecule has 1 heterocycles. The molecule has 176 valence electrons. The summed E-state index contributed by atoms with van der Waals surface area (Å²) >= 11 is 1.14. The average molecular weight is 478 g/mol. The molecule has 0 aliphatic carbocycles. The summed E-state index contributed by atoms with van der Waals surface area (Å²) < 4.78 is 46.4. The molecule has 0 saturated heterocycles. The number of hydrogen-bond donors (Lipinski definition) is 1. The molecule has 3 rings (SSSR count). The molecule has 1 N–H and O–H groups in total. The summed E-state index contributed by atoms with van der Waals surface area (Å²) in [5.41, 5.74) is 1.02. The van der Waals surface area contributed by atoms with E-state index >= 15 is 0 Å². The van der Waals surface area contributed by atoms with Crippen LogP contribution in [0.2, 0.25) is 0 Å². The molecule has 9 heteroatoms. The molecule has 0 saturated carbocycles. The van der Waals surface area contributed by atoms with Crippen molar-refractivity contribution >= 4 is 28.4 Å². The third-order valence-corrected chi connectivity index (χ3v) is 6.92. The van der Waals surface area contributed by atoms with E-state index < -0.39 is 35.2 Å². The highest BCUT2D eigenvalue weighted by atomic mass is 32.2. The highest BCUT2D eigenvalue weighted by Crippen LogP contribution is 2.51. The van der Waals surface area contributed by atoms with Crippen LogP contribution in [0.1, 0.15) is 43.7 Å². The van der Waals surface area contributed by atoms with Gasteiger partial charge in [0.2, 0.25) is 0 Å². The minimum Gasteiger partial charge on any atom is -0.372 e. The van der Waals surface area contributed by atoms with Crippen LogP contribution in [0.25, 0.3) is 0 Å². The Morgan fingerprint density at radius 2 is 1.94 bits per heavy atom. The first-order valence-corrected chi connectivity index (χ1v) is 11.4. The van der Waals surface area contributed by atoms with Crippen molar-refractivity contribution in [3.8, 4) is 0 Å². The van der Waals surface area contributed by atoms with Gasteiger partial charge in [-0.15, -0.1) is 0 Å². The summed E-state index contributed by atoms with van der Waals surface area (Å²) in [6.07, 6.45) is 0.283. The number of hydrogen-bond acceptors (Lipinski definition) is 5. The van der Waals surface area contributed by atoms with Crippen molar-refractivity contribution in [2.45, 2.75) is 43.6 Å². The van der Waals surface area contributed by atoms with Gasteiger partial charge in [-0.05, 0) is 56.4 Å². The monoisotopic (exact) mass is 477 g/mol. The molecule has 0 spiro atoms. The van der Waals surface area contributed by atoms with Crippen LogP contribution < -0.4 is 0 Å². The van der Waals surface area contributed by atoms with Crippen LogP contribution in [-0.2, 0) is 14.4 Å². The first-order chi connectivity index (χ1) is 15.8. The Kier molecular flexibility index (Phi) is 8.31. The van der Waals surface area contributed by atoms with Crippen molar-refractivity contribution in [2.24, 2.45) is 5.10 Å². The van der Waals surface area contributed by atoms with Crippen molar-refractivity contribution in [3.63, 3.8) is 0 Å². The van der Waals surface area contributed by atoms with Gasteiger partial charge < -0.3 is 10.1 Å². The van der Waals surface area contributed by atoms with Gasteiger partial charge in [-0.2, -0.15) is 5.10 Å². The molecule has 0 fully saturated rings. The van der Waals surface area contributed by atoms with Gasteiger partial charge in [0.05, 0.1) is 6.67 Å². The molecule has 2 aromatic carbocycles. The molecule has 1 aliphatic heterocycles. The van der Waals surface area contributed by atoms with Crippen LogP contribution in [0.15, 0.2) is 53.6 Å². The molecule has 33 heavy (non-hydrogen) atoms. The van der Waals surface area contributed by atoms with Crippen LogP contribution in [-0.4, -0.2) is 41.6 Å². The fourth-order valence-corrected chi connectivity index (χ4v) is 4.96. The predicted octanol–water partition coefficient (Wildman–Crippen LogP) is 5.64. The highest BCUT2D eigenvalue weighted by molar-refractivity contribution is 8.15. The van der Waals surface area contributed by atoms with Gasteiger partial charge in [-0.3, -0.25) is 9.18 Å². The molecular weight excluding hydrogens is 451 g/mol. The number of ether oxygens (including phenoxy) is 1. The number of halogens is 3. The fraction of sp³-hybridized carbons (Fsp3) is 0.375. The summed E-state index contributed by atoms with van der Waals surface area (Å²) in [4.78, 5) is 12.2. The van der Waals surface area contributed by atoms with Crippen molar-refractivity contribution in [3.05, 3.63) is 71.3 Å². The smallest absolute Gasteiger partial charge is 0.273 e. The summed E-state index contributed by atoms with van der Waals surface area (Å²) in [6, 6.07) is 12.2.